The maximum Gasteiger partial charge on any atom is 0.146 e. The molecule has 3 rings (SSSR count). The maximum atomic E-state index is 4.93. The van der Waals surface area contributed by atoms with E-state index in [-0.39, 0.29) is 0 Å². The van der Waals surface area contributed by atoms with E-state index < -0.39 is 0 Å². The molecule has 1 fully saturated rings. The van der Waals surface area contributed by atoms with Crippen LogP contribution in [0.3, 0.4) is 0 Å². The van der Waals surface area contributed by atoms with Crippen LogP contribution in [0.5, 0.6) is 0 Å². The Bertz CT molecular complexity index is 661. The van der Waals surface area contributed by atoms with Gasteiger partial charge < -0.3 is 0 Å². The minimum atomic E-state index is 0.334. The zero-order chi connectivity index (χ0) is 16.4. The maximum absolute atomic E-state index is 4.93. The molecule has 1 atom stereocenters. The van der Waals surface area contributed by atoms with E-state index in [0.29, 0.717) is 12.1 Å². The molecule has 1 aliphatic rings. The number of aryl methyl sites for hydroxylation is 2. The van der Waals surface area contributed by atoms with Gasteiger partial charge in [-0.15, -0.1) is 0 Å². The van der Waals surface area contributed by atoms with Gasteiger partial charge in [0.15, 0.2) is 0 Å². The van der Waals surface area contributed by atoms with Crippen molar-refractivity contribution in [3.05, 3.63) is 29.8 Å². The van der Waals surface area contributed by atoms with E-state index >= 15 is 0 Å². The Morgan fingerprint density at radius 3 is 2.83 bits per heavy atom. The molecular weight excluding hydrogens is 286 g/mol. The topological polar surface area (TPSA) is 46.8 Å². The second kappa shape index (κ2) is 6.79. The highest BCUT2D eigenvalue weighted by Gasteiger charge is 2.28. The molecule has 1 saturated heterocycles. The zero-order valence-electron chi connectivity index (χ0n) is 14.7. The van der Waals surface area contributed by atoms with Gasteiger partial charge in [-0.1, -0.05) is 6.42 Å². The van der Waals surface area contributed by atoms with Gasteiger partial charge in [0.2, 0.25) is 0 Å². The Hall–Kier alpha value is -1.75. The van der Waals surface area contributed by atoms with Crippen LogP contribution in [0, 0.1) is 6.92 Å². The second-order valence-electron chi connectivity index (χ2n) is 6.63. The molecule has 0 spiro atoms. The van der Waals surface area contributed by atoms with Crippen molar-refractivity contribution in [2.24, 2.45) is 0 Å². The van der Waals surface area contributed by atoms with Crippen LogP contribution in [0.4, 0.5) is 0 Å². The first-order valence-electron chi connectivity index (χ1n) is 8.73. The average Bonchev–Trinajstić information content (AvgIpc) is 3.03. The fourth-order valence-corrected chi connectivity index (χ4v) is 3.52. The van der Waals surface area contributed by atoms with Crippen molar-refractivity contribution in [1.82, 2.24) is 24.6 Å². The molecule has 2 aromatic rings. The Kier molecular flexibility index (Phi) is 4.76. The highest BCUT2D eigenvalue weighted by atomic mass is 15.3. The van der Waals surface area contributed by atoms with Gasteiger partial charge in [0.05, 0.1) is 17.4 Å². The van der Waals surface area contributed by atoms with Crippen LogP contribution in [0.2, 0.25) is 0 Å². The Labute approximate surface area is 138 Å². The summed E-state index contributed by atoms with van der Waals surface area (Å²) in [6.45, 7) is 10.7. The quantitative estimate of drug-likeness (QED) is 0.865. The molecule has 0 aromatic carbocycles. The van der Waals surface area contributed by atoms with Gasteiger partial charge in [-0.05, 0) is 59.2 Å². The number of rotatable bonds is 4. The van der Waals surface area contributed by atoms with Crippen LogP contribution in [-0.2, 0) is 6.54 Å². The van der Waals surface area contributed by atoms with Gasteiger partial charge in [-0.3, -0.25) is 9.58 Å². The van der Waals surface area contributed by atoms with Gasteiger partial charge in [-0.2, -0.15) is 5.10 Å². The lowest BCUT2D eigenvalue weighted by Gasteiger charge is -2.37. The molecule has 1 unspecified atom stereocenters. The molecule has 3 heterocycles. The van der Waals surface area contributed by atoms with Crippen molar-refractivity contribution >= 4 is 0 Å². The largest absolute Gasteiger partial charge is 0.291 e. The van der Waals surface area contributed by atoms with Crippen LogP contribution in [0.25, 0.3) is 11.4 Å². The number of piperidine rings is 1. The molecule has 5 nitrogen and oxygen atoms in total. The fourth-order valence-electron chi connectivity index (χ4n) is 3.52. The highest BCUT2D eigenvalue weighted by molar-refractivity contribution is 5.54. The molecule has 0 amide bonds. The normalized spacial score (nSPS) is 19.4. The first-order valence-corrected chi connectivity index (χ1v) is 8.73. The monoisotopic (exact) mass is 313 g/mol. The van der Waals surface area contributed by atoms with Crippen molar-refractivity contribution in [3.8, 4) is 11.4 Å². The van der Waals surface area contributed by atoms with Crippen LogP contribution >= 0.6 is 0 Å². The standard InChI is InChI=1S/C18H27N5/c1-5-23-16(9-10-19-23)15-12-14(4)20-18(21-15)17-8-6-7-11-22(17)13(2)3/h9-10,12-13,17H,5-8,11H2,1-4H3. The summed E-state index contributed by atoms with van der Waals surface area (Å²) in [5.74, 6) is 0.970. The van der Waals surface area contributed by atoms with Crippen LogP contribution in [0.1, 0.15) is 57.6 Å². The average molecular weight is 313 g/mol. The highest BCUT2D eigenvalue weighted by Crippen LogP contribution is 2.31. The number of hydrogen-bond acceptors (Lipinski definition) is 4. The first kappa shape index (κ1) is 16.1. The van der Waals surface area contributed by atoms with Crippen molar-refractivity contribution < 1.29 is 0 Å². The summed E-state index contributed by atoms with van der Waals surface area (Å²) in [5.41, 5.74) is 3.09. The Morgan fingerprint density at radius 1 is 1.26 bits per heavy atom. The molecule has 2 aromatic heterocycles. The molecule has 23 heavy (non-hydrogen) atoms. The molecule has 124 valence electrons. The van der Waals surface area contributed by atoms with E-state index in [1.165, 1.54) is 12.8 Å². The third kappa shape index (κ3) is 3.29. The number of hydrogen-bond donors (Lipinski definition) is 0. The van der Waals surface area contributed by atoms with Crippen LogP contribution < -0.4 is 0 Å². The SMILES string of the molecule is CCn1nccc1-c1cc(C)nc(C2CCCCN2C(C)C)n1. The summed E-state index contributed by atoms with van der Waals surface area (Å²) in [6, 6.07) is 4.96. The summed E-state index contributed by atoms with van der Waals surface area (Å²) in [5, 5.41) is 4.37. The van der Waals surface area contributed by atoms with Gasteiger partial charge in [0.25, 0.3) is 0 Å². The summed E-state index contributed by atoms with van der Waals surface area (Å²) in [4.78, 5) is 12.2. The lowest BCUT2D eigenvalue weighted by atomic mass is 9.99. The minimum absolute atomic E-state index is 0.334. The molecule has 0 bridgehead atoms. The molecule has 0 aliphatic carbocycles. The summed E-state index contributed by atoms with van der Waals surface area (Å²) in [6.07, 6.45) is 5.52. The van der Waals surface area contributed by atoms with Gasteiger partial charge in [0, 0.05) is 24.5 Å². The van der Waals surface area contributed by atoms with Gasteiger partial charge in [0.1, 0.15) is 5.82 Å². The second-order valence-corrected chi connectivity index (χ2v) is 6.63. The third-order valence-corrected chi connectivity index (χ3v) is 4.66. The Balaban J connectivity index is 2.00. The molecule has 5 heteroatoms. The number of aromatic nitrogens is 4. The van der Waals surface area contributed by atoms with Crippen molar-refractivity contribution in [1.29, 1.82) is 0 Å². The Morgan fingerprint density at radius 2 is 2.09 bits per heavy atom. The molecule has 0 N–H and O–H groups in total. The van der Waals surface area contributed by atoms with Crippen LogP contribution in [-0.4, -0.2) is 37.2 Å². The van der Waals surface area contributed by atoms with E-state index in [1.54, 1.807) is 0 Å². The lowest BCUT2D eigenvalue weighted by Crippen LogP contribution is -2.39. The molecule has 0 radical (unpaired) electrons. The van der Waals surface area contributed by atoms with E-state index in [4.69, 9.17) is 9.97 Å². The van der Waals surface area contributed by atoms with Gasteiger partial charge in [-0.25, -0.2) is 9.97 Å². The molecule has 0 saturated carbocycles. The molecule has 1 aliphatic heterocycles. The zero-order valence-corrected chi connectivity index (χ0v) is 14.7. The van der Waals surface area contributed by atoms with E-state index in [9.17, 15) is 0 Å². The fraction of sp³-hybridized carbons (Fsp3) is 0.611. The van der Waals surface area contributed by atoms with Crippen LogP contribution in [0.15, 0.2) is 18.3 Å². The van der Waals surface area contributed by atoms with E-state index in [0.717, 1.165) is 42.4 Å². The number of nitrogens with zero attached hydrogens (tertiary/aromatic N) is 5. The predicted molar refractivity (Wildman–Crippen MR) is 92.1 cm³/mol. The number of likely N-dealkylation sites (tertiary alicyclic amines) is 1. The van der Waals surface area contributed by atoms with E-state index in [1.807, 2.05) is 16.9 Å². The predicted octanol–water partition coefficient (Wildman–Crippen LogP) is 3.60. The first-order chi connectivity index (χ1) is 11.1. The van der Waals surface area contributed by atoms with Gasteiger partial charge >= 0.3 is 0 Å². The smallest absolute Gasteiger partial charge is 0.146 e. The summed E-state index contributed by atoms with van der Waals surface area (Å²) >= 11 is 0. The van der Waals surface area contributed by atoms with E-state index in [2.05, 4.69) is 43.8 Å². The van der Waals surface area contributed by atoms with Crippen molar-refractivity contribution in [2.75, 3.05) is 6.54 Å². The third-order valence-electron chi connectivity index (χ3n) is 4.66. The molecular formula is C18H27N5. The van der Waals surface area contributed by atoms with Crippen molar-refractivity contribution in [3.63, 3.8) is 0 Å². The lowest BCUT2D eigenvalue weighted by molar-refractivity contribution is 0.106. The van der Waals surface area contributed by atoms with Crippen molar-refractivity contribution in [2.45, 2.75) is 65.6 Å². The summed E-state index contributed by atoms with van der Waals surface area (Å²) in [7, 11) is 0. The summed E-state index contributed by atoms with van der Waals surface area (Å²) < 4.78 is 1.99. The minimum Gasteiger partial charge on any atom is -0.291 e.